The van der Waals surface area contributed by atoms with Gasteiger partial charge in [0.15, 0.2) is 0 Å². The van der Waals surface area contributed by atoms with Gasteiger partial charge in [-0.1, -0.05) is 30.3 Å². The molecule has 1 rings (SSSR count). The van der Waals surface area contributed by atoms with E-state index in [4.69, 9.17) is 5.11 Å². The second-order valence-corrected chi connectivity index (χ2v) is 2.81. The summed E-state index contributed by atoms with van der Waals surface area (Å²) in [6, 6.07) is 9.22. The van der Waals surface area contributed by atoms with Crippen LogP contribution in [0.3, 0.4) is 0 Å². The fourth-order valence-electron chi connectivity index (χ4n) is 0.955. The standard InChI is InChI=1S/C11H11NO3/c13-8-11(15)12-10(14)7-6-9-4-2-1-3-5-9/h1-7,13H,8H2,(H,12,14,15)/b7-6+. The molecule has 0 bridgehead atoms. The van der Waals surface area contributed by atoms with E-state index in [1.54, 1.807) is 6.08 Å². The molecule has 0 fully saturated rings. The first-order chi connectivity index (χ1) is 7.22. The molecular formula is C11H11NO3. The maximum atomic E-state index is 11.1. The lowest BCUT2D eigenvalue weighted by Gasteiger charge is -1.96. The lowest BCUT2D eigenvalue weighted by Crippen LogP contribution is -2.31. The molecule has 0 heterocycles. The van der Waals surface area contributed by atoms with Crippen molar-refractivity contribution < 1.29 is 14.7 Å². The molecule has 0 aliphatic rings. The predicted octanol–water partition coefficient (Wildman–Crippen LogP) is 0.335. The molecule has 2 amide bonds. The Morgan fingerprint density at radius 2 is 1.93 bits per heavy atom. The SMILES string of the molecule is O=C(/C=C/c1ccccc1)NC(=O)CO. The summed E-state index contributed by atoms with van der Waals surface area (Å²) in [5, 5.41) is 10.4. The van der Waals surface area contributed by atoms with Gasteiger partial charge in [-0.25, -0.2) is 0 Å². The van der Waals surface area contributed by atoms with Crippen LogP contribution in [0.2, 0.25) is 0 Å². The molecule has 0 aliphatic heterocycles. The quantitative estimate of drug-likeness (QED) is 0.699. The number of aliphatic hydroxyl groups is 1. The molecular weight excluding hydrogens is 194 g/mol. The molecule has 0 spiro atoms. The second kappa shape index (κ2) is 5.72. The van der Waals surface area contributed by atoms with Gasteiger partial charge in [0.05, 0.1) is 0 Å². The highest BCUT2D eigenvalue weighted by Gasteiger charge is 2.01. The van der Waals surface area contributed by atoms with Crippen molar-refractivity contribution in [2.45, 2.75) is 0 Å². The first kappa shape index (κ1) is 11.1. The number of hydrogen-bond donors (Lipinski definition) is 2. The number of nitrogens with one attached hydrogen (secondary N) is 1. The van der Waals surface area contributed by atoms with Crippen LogP contribution in [0, 0.1) is 0 Å². The van der Waals surface area contributed by atoms with E-state index in [0.717, 1.165) is 5.56 Å². The zero-order valence-corrected chi connectivity index (χ0v) is 8.01. The van der Waals surface area contributed by atoms with Crippen molar-refractivity contribution in [2.75, 3.05) is 6.61 Å². The van der Waals surface area contributed by atoms with Crippen LogP contribution in [0.5, 0.6) is 0 Å². The van der Waals surface area contributed by atoms with Crippen LogP contribution in [-0.2, 0) is 9.59 Å². The maximum absolute atomic E-state index is 11.1. The van der Waals surface area contributed by atoms with Crippen molar-refractivity contribution in [3.8, 4) is 0 Å². The molecule has 0 saturated carbocycles. The average Bonchev–Trinajstić information content (AvgIpc) is 2.27. The van der Waals surface area contributed by atoms with Gasteiger partial charge in [0.1, 0.15) is 6.61 Å². The molecule has 4 nitrogen and oxygen atoms in total. The second-order valence-electron chi connectivity index (χ2n) is 2.81. The molecule has 0 unspecified atom stereocenters. The fourth-order valence-corrected chi connectivity index (χ4v) is 0.955. The molecule has 1 aromatic carbocycles. The lowest BCUT2D eigenvalue weighted by atomic mass is 10.2. The summed E-state index contributed by atoms with van der Waals surface area (Å²) in [4.78, 5) is 21.7. The van der Waals surface area contributed by atoms with Gasteiger partial charge in [0.25, 0.3) is 11.8 Å². The van der Waals surface area contributed by atoms with E-state index in [-0.39, 0.29) is 0 Å². The molecule has 2 N–H and O–H groups in total. The van der Waals surface area contributed by atoms with Gasteiger partial charge in [0, 0.05) is 6.08 Å². The Hall–Kier alpha value is -1.94. The monoisotopic (exact) mass is 205 g/mol. The number of rotatable bonds is 3. The van der Waals surface area contributed by atoms with E-state index < -0.39 is 18.4 Å². The number of hydrogen-bond acceptors (Lipinski definition) is 3. The van der Waals surface area contributed by atoms with Crippen molar-refractivity contribution >= 4 is 17.9 Å². The van der Waals surface area contributed by atoms with Crippen molar-refractivity contribution in [2.24, 2.45) is 0 Å². The fraction of sp³-hybridized carbons (Fsp3) is 0.0909. The van der Waals surface area contributed by atoms with Gasteiger partial charge in [-0.05, 0) is 11.6 Å². The summed E-state index contributed by atoms with van der Waals surface area (Å²) in [5.74, 6) is -1.25. The van der Waals surface area contributed by atoms with E-state index in [2.05, 4.69) is 0 Å². The number of carbonyl (C=O) groups is 2. The normalized spacial score (nSPS) is 10.2. The van der Waals surface area contributed by atoms with Crippen LogP contribution in [0.4, 0.5) is 0 Å². The molecule has 0 aliphatic carbocycles. The van der Waals surface area contributed by atoms with Crippen LogP contribution in [-0.4, -0.2) is 23.5 Å². The number of amides is 2. The maximum Gasteiger partial charge on any atom is 0.252 e. The zero-order chi connectivity index (χ0) is 11.1. The summed E-state index contributed by atoms with van der Waals surface area (Å²) in [7, 11) is 0. The largest absolute Gasteiger partial charge is 0.387 e. The molecule has 0 saturated heterocycles. The molecule has 0 radical (unpaired) electrons. The Kier molecular flexibility index (Phi) is 4.25. The molecule has 78 valence electrons. The van der Waals surface area contributed by atoms with E-state index in [9.17, 15) is 9.59 Å². The Bertz CT molecular complexity index is 371. The Morgan fingerprint density at radius 3 is 2.53 bits per heavy atom. The third-order valence-electron chi connectivity index (χ3n) is 1.63. The van der Waals surface area contributed by atoms with Gasteiger partial charge in [0.2, 0.25) is 0 Å². The topological polar surface area (TPSA) is 66.4 Å². The summed E-state index contributed by atoms with van der Waals surface area (Å²) >= 11 is 0. The third kappa shape index (κ3) is 4.19. The van der Waals surface area contributed by atoms with Crippen molar-refractivity contribution in [1.29, 1.82) is 0 Å². The van der Waals surface area contributed by atoms with Crippen LogP contribution < -0.4 is 5.32 Å². The van der Waals surface area contributed by atoms with Crippen LogP contribution in [0.25, 0.3) is 6.08 Å². The number of imide groups is 1. The summed E-state index contributed by atoms with van der Waals surface area (Å²) < 4.78 is 0. The van der Waals surface area contributed by atoms with Crippen molar-refractivity contribution in [1.82, 2.24) is 5.32 Å². The minimum absolute atomic E-state index is 0.544. The summed E-state index contributed by atoms with van der Waals surface area (Å²) in [6.07, 6.45) is 2.82. The van der Waals surface area contributed by atoms with Gasteiger partial charge < -0.3 is 5.11 Å². The van der Waals surface area contributed by atoms with Crippen LogP contribution >= 0.6 is 0 Å². The number of carbonyl (C=O) groups excluding carboxylic acids is 2. The third-order valence-corrected chi connectivity index (χ3v) is 1.63. The Morgan fingerprint density at radius 1 is 1.27 bits per heavy atom. The van der Waals surface area contributed by atoms with Crippen LogP contribution in [0.1, 0.15) is 5.56 Å². The molecule has 0 atom stereocenters. The molecule has 0 aromatic heterocycles. The minimum Gasteiger partial charge on any atom is -0.387 e. The molecule has 1 aromatic rings. The van der Waals surface area contributed by atoms with Crippen molar-refractivity contribution in [3.05, 3.63) is 42.0 Å². The summed E-state index contributed by atoms with van der Waals surface area (Å²) in [5.41, 5.74) is 0.865. The van der Waals surface area contributed by atoms with Gasteiger partial charge in [-0.2, -0.15) is 0 Å². The van der Waals surface area contributed by atoms with E-state index in [0.29, 0.717) is 0 Å². The first-order valence-corrected chi connectivity index (χ1v) is 4.40. The lowest BCUT2D eigenvalue weighted by molar-refractivity contribution is -0.129. The molecule has 4 heteroatoms. The molecule has 15 heavy (non-hydrogen) atoms. The number of benzene rings is 1. The minimum atomic E-state index is -0.710. The van der Waals surface area contributed by atoms with Crippen molar-refractivity contribution in [3.63, 3.8) is 0 Å². The highest BCUT2D eigenvalue weighted by Crippen LogP contribution is 2.00. The van der Waals surface area contributed by atoms with Gasteiger partial charge in [-0.15, -0.1) is 0 Å². The van der Waals surface area contributed by atoms with Crippen LogP contribution in [0.15, 0.2) is 36.4 Å². The first-order valence-electron chi connectivity index (χ1n) is 4.40. The van der Waals surface area contributed by atoms with E-state index in [1.165, 1.54) is 6.08 Å². The van der Waals surface area contributed by atoms with Gasteiger partial charge >= 0.3 is 0 Å². The van der Waals surface area contributed by atoms with E-state index in [1.807, 2.05) is 35.6 Å². The average molecular weight is 205 g/mol. The Labute approximate surface area is 87.2 Å². The number of aliphatic hydroxyl groups excluding tert-OH is 1. The highest BCUT2D eigenvalue weighted by molar-refractivity contribution is 6.03. The van der Waals surface area contributed by atoms with Gasteiger partial charge in [-0.3, -0.25) is 14.9 Å². The smallest absolute Gasteiger partial charge is 0.252 e. The predicted molar refractivity (Wildman–Crippen MR) is 55.7 cm³/mol. The highest BCUT2D eigenvalue weighted by atomic mass is 16.3. The summed E-state index contributed by atoms with van der Waals surface area (Å²) in [6.45, 7) is -0.690. The van der Waals surface area contributed by atoms with E-state index >= 15 is 0 Å². The zero-order valence-electron chi connectivity index (χ0n) is 8.01. The Balaban J connectivity index is 2.52.